The summed E-state index contributed by atoms with van der Waals surface area (Å²) < 4.78 is 0.937. The SMILES string of the molecule is Cc1ccc(-c2csc(NC(=O)c3ccc(Br)s3)n2)cc1. The molecule has 2 heterocycles. The summed E-state index contributed by atoms with van der Waals surface area (Å²) in [4.78, 5) is 17.2. The van der Waals surface area contributed by atoms with E-state index in [1.165, 1.54) is 28.2 Å². The van der Waals surface area contributed by atoms with Crippen LogP contribution in [0, 0.1) is 6.92 Å². The Morgan fingerprint density at radius 2 is 1.95 bits per heavy atom. The molecule has 0 aliphatic heterocycles. The van der Waals surface area contributed by atoms with Gasteiger partial charge in [-0.2, -0.15) is 0 Å². The van der Waals surface area contributed by atoms with Crippen molar-refractivity contribution in [2.75, 3.05) is 5.32 Å². The molecular weight excluding hydrogens is 368 g/mol. The molecule has 0 spiro atoms. The average molecular weight is 379 g/mol. The smallest absolute Gasteiger partial charge is 0.267 e. The molecule has 0 atom stereocenters. The van der Waals surface area contributed by atoms with E-state index in [0.717, 1.165) is 15.0 Å². The van der Waals surface area contributed by atoms with Gasteiger partial charge in [-0.25, -0.2) is 4.98 Å². The summed E-state index contributed by atoms with van der Waals surface area (Å²) in [6.45, 7) is 2.05. The zero-order chi connectivity index (χ0) is 14.8. The normalized spacial score (nSPS) is 10.6. The number of nitrogens with one attached hydrogen (secondary N) is 1. The highest BCUT2D eigenvalue weighted by molar-refractivity contribution is 9.11. The fraction of sp³-hybridized carbons (Fsp3) is 0.0667. The number of anilines is 1. The maximum Gasteiger partial charge on any atom is 0.267 e. The summed E-state index contributed by atoms with van der Waals surface area (Å²) in [7, 11) is 0. The minimum absolute atomic E-state index is 0.129. The molecule has 0 aliphatic carbocycles. The molecule has 1 aromatic carbocycles. The highest BCUT2D eigenvalue weighted by Gasteiger charge is 2.11. The fourth-order valence-corrected chi connectivity index (χ4v) is 3.78. The number of aryl methyl sites for hydroxylation is 1. The number of rotatable bonds is 3. The molecule has 3 aromatic rings. The van der Waals surface area contributed by atoms with Crippen LogP contribution in [-0.4, -0.2) is 10.9 Å². The summed E-state index contributed by atoms with van der Waals surface area (Å²) in [5.74, 6) is -0.129. The van der Waals surface area contributed by atoms with Crippen LogP contribution in [0.2, 0.25) is 0 Å². The van der Waals surface area contributed by atoms with E-state index in [0.29, 0.717) is 10.0 Å². The second-order valence-corrected chi connectivity index (χ2v) is 7.78. The molecule has 3 nitrogen and oxygen atoms in total. The molecular formula is C15H11BrN2OS2. The van der Waals surface area contributed by atoms with Gasteiger partial charge in [0.15, 0.2) is 5.13 Å². The molecule has 2 aromatic heterocycles. The number of thiophene rings is 1. The topological polar surface area (TPSA) is 42.0 Å². The first-order chi connectivity index (χ1) is 10.1. The second kappa shape index (κ2) is 6.09. The number of benzene rings is 1. The van der Waals surface area contributed by atoms with Gasteiger partial charge in [-0.05, 0) is 35.0 Å². The first-order valence-electron chi connectivity index (χ1n) is 6.21. The van der Waals surface area contributed by atoms with Crippen molar-refractivity contribution < 1.29 is 4.79 Å². The molecule has 0 radical (unpaired) electrons. The Morgan fingerprint density at radius 3 is 2.62 bits per heavy atom. The van der Waals surface area contributed by atoms with Crippen molar-refractivity contribution >= 4 is 49.6 Å². The fourth-order valence-electron chi connectivity index (χ4n) is 1.78. The van der Waals surface area contributed by atoms with Crippen molar-refractivity contribution in [2.45, 2.75) is 6.92 Å². The monoisotopic (exact) mass is 378 g/mol. The van der Waals surface area contributed by atoms with E-state index in [1.807, 2.05) is 23.6 Å². The Kier molecular flexibility index (Phi) is 4.19. The van der Waals surface area contributed by atoms with Gasteiger partial charge in [0.1, 0.15) is 0 Å². The van der Waals surface area contributed by atoms with E-state index in [2.05, 4.69) is 45.3 Å². The van der Waals surface area contributed by atoms with Crippen molar-refractivity contribution in [2.24, 2.45) is 0 Å². The van der Waals surface area contributed by atoms with Crippen LogP contribution in [0.25, 0.3) is 11.3 Å². The Labute approximate surface area is 138 Å². The van der Waals surface area contributed by atoms with Crippen LogP contribution in [0.15, 0.2) is 45.6 Å². The first kappa shape index (κ1) is 14.4. The number of nitrogens with zero attached hydrogens (tertiary/aromatic N) is 1. The second-order valence-electron chi connectivity index (χ2n) is 4.46. The molecule has 21 heavy (non-hydrogen) atoms. The van der Waals surface area contributed by atoms with Crippen LogP contribution >= 0.6 is 38.6 Å². The van der Waals surface area contributed by atoms with Gasteiger partial charge in [-0.1, -0.05) is 29.8 Å². The third-order valence-corrected chi connectivity index (χ3v) is 5.25. The predicted octanol–water partition coefficient (Wildman–Crippen LogP) is 5.19. The van der Waals surface area contributed by atoms with E-state index >= 15 is 0 Å². The third-order valence-electron chi connectivity index (χ3n) is 2.87. The van der Waals surface area contributed by atoms with E-state index in [4.69, 9.17) is 0 Å². The largest absolute Gasteiger partial charge is 0.297 e. The van der Waals surface area contributed by atoms with Crippen LogP contribution in [0.3, 0.4) is 0 Å². The van der Waals surface area contributed by atoms with E-state index in [9.17, 15) is 4.79 Å². The van der Waals surface area contributed by atoms with E-state index in [-0.39, 0.29) is 5.91 Å². The van der Waals surface area contributed by atoms with Crippen molar-refractivity contribution in [3.63, 3.8) is 0 Å². The van der Waals surface area contributed by atoms with Crippen molar-refractivity contribution in [1.82, 2.24) is 4.98 Å². The standard InChI is InChI=1S/C15H11BrN2OS2/c1-9-2-4-10(5-3-9)11-8-20-15(17-11)18-14(19)12-6-7-13(16)21-12/h2-8H,1H3,(H,17,18,19). The Bertz CT molecular complexity index is 777. The number of amides is 1. The lowest BCUT2D eigenvalue weighted by Gasteiger charge is -1.99. The molecule has 1 amide bonds. The molecule has 0 saturated carbocycles. The summed E-state index contributed by atoms with van der Waals surface area (Å²) >= 11 is 6.18. The van der Waals surface area contributed by atoms with Gasteiger partial charge < -0.3 is 0 Å². The summed E-state index contributed by atoms with van der Waals surface area (Å²) in [5.41, 5.74) is 3.14. The van der Waals surface area contributed by atoms with Crippen LogP contribution in [-0.2, 0) is 0 Å². The quantitative estimate of drug-likeness (QED) is 0.680. The number of hydrogen-bond donors (Lipinski definition) is 1. The molecule has 3 rings (SSSR count). The molecule has 0 saturated heterocycles. The summed E-state index contributed by atoms with van der Waals surface area (Å²) in [6, 6.07) is 11.8. The number of aromatic nitrogens is 1. The van der Waals surface area contributed by atoms with Gasteiger partial charge in [0.2, 0.25) is 0 Å². The lowest BCUT2D eigenvalue weighted by atomic mass is 10.1. The maximum absolute atomic E-state index is 12.1. The number of thiazole rings is 1. The van der Waals surface area contributed by atoms with Crippen molar-refractivity contribution in [3.8, 4) is 11.3 Å². The number of carbonyl (C=O) groups excluding carboxylic acids is 1. The van der Waals surface area contributed by atoms with Gasteiger partial charge in [0.25, 0.3) is 5.91 Å². The zero-order valence-corrected chi connectivity index (χ0v) is 14.3. The lowest BCUT2D eigenvalue weighted by molar-refractivity contribution is 0.103. The molecule has 0 aliphatic rings. The van der Waals surface area contributed by atoms with Crippen LogP contribution in [0.5, 0.6) is 0 Å². The summed E-state index contributed by atoms with van der Waals surface area (Å²) in [5, 5.41) is 5.39. The van der Waals surface area contributed by atoms with Gasteiger partial charge in [0, 0.05) is 10.9 Å². The van der Waals surface area contributed by atoms with Crippen LogP contribution in [0.1, 0.15) is 15.2 Å². The molecule has 6 heteroatoms. The van der Waals surface area contributed by atoms with Crippen molar-refractivity contribution in [1.29, 1.82) is 0 Å². The van der Waals surface area contributed by atoms with Gasteiger partial charge in [-0.15, -0.1) is 22.7 Å². The molecule has 0 bridgehead atoms. The highest BCUT2D eigenvalue weighted by atomic mass is 79.9. The third kappa shape index (κ3) is 3.40. The number of hydrogen-bond acceptors (Lipinski definition) is 4. The first-order valence-corrected chi connectivity index (χ1v) is 8.70. The summed E-state index contributed by atoms with van der Waals surface area (Å²) in [6.07, 6.45) is 0. The minimum atomic E-state index is -0.129. The zero-order valence-electron chi connectivity index (χ0n) is 11.1. The van der Waals surface area contributed by atoms with E-state index in [1.54, 1.807) is 6.07 Å². The Hall–Kier alpha value is -1.50. The number of carbonyl (C=O) groups is 1. The molecule has 106 valence electrons. The average Bonchev–Trinajstić information content (AvgIpc) is 3.09. The van der Waals surface area contributed by atoms with Gasteiger partial charge in [-0.3, -0.25) is 10.1 Å². The maximum atomic E-state index is 12.1. The Morgan fingerprint density at radius 1 is 1.19 bits per heavy atom. The van der Waals surface area contributed by atoms with Crippen LogP contribution < -0.4 is 5.32 Å². The highest BCUT2D eigenvalue weighted by Crippen LogP contribution is 2.27. The minimum Gasteiger partial charge on any atom is -0.297 e. The van der Waals surface area contributed by atoms with Gasteiger partial charge >= 0.3 is 0 Å². The predicted molar refractivity (Wildman–Crippen MR) is 92.3 cm³/mol. The molecule has 0 unspecified atom stereocenters. The lowest BCUT2D eigenvalue weighted by Crippen LogP contribution is -2.09. The number of halogens is 1. The Balaban J connectivity index is 1.76. The molecule has 1 N–H and O–H groups in total. The van der Waals surface area contributed by atoms with E-state index < -0.39 is 0 Å². The van der Waals surface area contributed by atoms with Gasteiger partial charge in [0.05, 0.1) is 14.4 Å². The molecule has 0 fully saturated rings. The van der Waals surface area contributed by atoms with Crippen LogP contribution in [0.4, 0.5) is 5.13 Å². The van der Waals surface area contributed by atoms with Crippen molar-refractivity contribution in [3.05, 3.63) is 56.0 Å².